The van der Waals surface area contributed by atoms with Gasteiger partial charge in [0.05, 0.1) is 18.9 Å². The molecule has 0 aromatic heterocycles. The van der Waals surface area contributed by atoms with E-state index in [9.17, 15) is 18.0 Å². The van der Waals surface area contributed by atoms with Crippen LogP contribution in [0.4, 0.5) is 13.2 Å². The largest absolute Gasteiger partial charge is 0.494 e. The Morgan fingerprint density at radius 2 is 2.14 bits per heavy atom. The summed E-state index contributed by atoms with van der Waals surface area (Å²) < 4.78 is 47.3. The standard InChI is InChI=1S/C18H25F3N2O5/c1-7-15(24)27-18(12(3)9-8-11(2)16(18)25-6)28-23-14(5)13(4)22-26-10-17(19,20)21/h7-9,12,14,23H,1,10H2,2-6H3. The van der Waals surface area contributed by atoms with Crippen LogP contribution in [0, 0.1) is 5.92 Å². The predicted octanol–water partition coefficient (Wildman–Crippen LogP) is 3.40. The minimum Gasteiger partial charge on any atom is -0.494 e. The second-order valence-electron chi connectivity index (χ2n) is 6.22. The number of hydroxylamine groups is 1. The van der Waals surface area contributed by atoms with E-state index in [1.165, 1.54) is 14.0 Å². The summed E-state index contributed by atoms with van der Waals surface area (Å²) in [6.07, 6.45) is 0.0707. The van der Waals surface area contributed by atoms with Gasteiger partial charge in [0.2, 0.25) is 6.61 Å². The Kier molecular flexibility index (Phi) is 8.25. The number of hydrogen-bond donors (Lipinski definition) is 1. The molecule has 1 N–H and O–H groups in total. The van der Waals surface area contributed by atoms with Crippen LogP contribution in [0.1, 0.15) is 27.7 Å². The highest BCUT2D eigenvalue weighted by atomic mass is 19.4. The number of nitrogens with one attached hydrogen (secondary N) is 1. The third kappa shape index (κ3) is 6.10. The van der Waals surface area contributed by atoms with Gasteiger partial charge in [0.15, 0.2) is 5.76 Å². The van der Waals surface area contributed by atoms with Crippen molar-refractivity contribution in [1.82, 2.24) is 5.48 Å². The van der Waals surface area contributed by atoms with Crippen molar-refractivity contribution in [1.29, 1.82) is 0 Å². The smallest absolute Gasteiger partial charge is 0.425 e. The number of rotatable bonds is 9. The highest BCUT2D eigenvalue weighted by Gasteiger charge is 2.49. The molecule has 0 aromatic rings. The van der Waals surface area contributed by atoms with Crippen molar-refractivity contribution in [2.45, 2.75) is 45.7 Å². The quantitative estimate of drug-likeness (QED) is 0.208. The molecule has 0 amide bonds. The molecule has 0 saturated carbocycles. The molecule has 0 radical (unpaired) electrons. The average Bonchev–Trinajstić information content (AvgIpc) is 2.61. The zero-order valence-corrected chi connectivity index (χ0v) is 16.4. The summed E-state index contributed by atoms with van der Waals surface area (Å²) in [6, 6.07) is -0.663. The van der Waals surface area contributed by atoms with Gasteiger partial charge >= 0.3 is 12.1 Å². The lowest BCUT2D eigenvalue weighted by Gasteiger charge is -2.40. The summed E-state index contributed by atoms with van der Waals surface area (Å²) in [5, 5.41) is 3.42. The molecule has 1 aliphatic carbocycles. The summed E-state index contributed by atoms with van der Waals surface area (Å²) >= 11 is 0. The Hall–Kier alpha value is -2.33. The molecule has 0 fully saturated rings. The van der Waals surface area contributed by atoms with Crippen molar-refractivity contribution >= 4 is 11.7 Å². The van der Waals surface area contributed by atoms with Crippen LogP contribution in [0.3, 0.4) is 0 Å². The first-order valence-corrected chi connectivity index (χ1v) is 8.42. The normalized spacial score (nSPS) is 24.0. The molecule has 10 heteroatoms. The molecule has 28 heavy (non-hydrogen) atoms. The van der Waals surface area contributed by atoms with Gasteiger partial charge in [0, 0.05) is 12.0 Å². The molecule has 158 valence electrons. The number of oxime groups is 1. The van der Waals surface area contributed by atoms with E-state index < -0.39 is 36.5 Å². The fraction of sp³-hybridized carbons (Fsp3) is 0.556. The maximum Gasteiger partial charge on any atom is 0.425 e. The molecule has 3 unspecified atom stereocenters. The van der Waals surface area contributed by atoms with Crippen molar-refractivity contribution in [3.05, 3.63) is 36.1 Å². The summed E-state index contributed by atoms with van der Waals surface area (Å²) in [4.78, 5) is 21.9. The fourth-order valence-electron chi connectivity index (χ4n) is 2.31. The van der Waals surface area contributed by atoms with Crippen molar-refractivity contribution in [2.75, 3.05) is 13.7 Å². The van der Waals surface area contributed by atoms with Gasteiger partial charge in [0.25, 0.3) is 5.79 Å². The molecule has 1 aliphatic rings. The van der Waals surface area contributed by atoms with Gasteiger partial charge in [-0.05, 0) is 26.3 Å². The first-order valence-electron chi connectivity index (χ1n) is 8.42. The Bertz CT molecular complexity index is 673. The number of carbonyl (C=O) groups excluding carboxylic acids is 1. The van der Waals surface area contributed by atoms with E-state index in [2.05, 4.69) is 22.1 Å². The molecular formula is C18H25F3N2O5. The number of ether oxygens (including phenoxy) is 2. The van der Waals surface area contributed by atoms with Crippen LogP contribution in [-0.4, -0.2) is 43.4 Å². The van der Waals surface area contributed by atoms with E-state index in [-0.39, 0.29) is 11.5 Å². The van der Waals surface area contributed by atoms with E-state index in [0.717, 1.165) is 6.08 Å². The van der Waals surface area contributed by atoms with Gasteiger partial charge in [-0.3, -0.25) is 0 Å². The molecule has 3 atom stereocenters. The van der Waals surface area contributed by atoms with Gasteiger partial charge in [-0.15, -0.1) is 0 Å². The number of hydrogen-bond acceptors (Lipinski definition) is 7. The molecule has 1 rings (SSSR count). The maximum atomic E-state index is 12.1. The predicted molar refractivity (Wildman–Crippen MR) is 95.8 cm³/mol. The lowest BCUT2D eigenvalue weighted by Crippen LogP contribution is -2.52. The van der Waals surface area contributed by atoms with Crippen LogP contribution in [0.5, 0.6) is 0 Å². The van der Waals surface area contributed by atoms with Crippen molar-refractivity contribution < 1.29 is 37.1 Å². The molecule has 0 spiro atoms. The van der Waals surface area contributed by atoms with E-state index in [1.54, 1.807) is 32.9 Å². The zero-order valence-electron chi connectivity index (χ0n) is 16.4. The van der Waals surface area contributed by atoms with E-state index in [4.69, 9.17) is 14.3 Å². The molecule has 0 aromatic carbocycles. The van der Waals surface area contributed by atoms with Crippen LogP contribution in [-0.2, 0) is 23.9 Å². The van der Waals surface area contributed by atoms with Crippen LogP contribution in [0.2, 0.25) is 0 Å². The molecule has 7 nitrogen and oxygen atoms in total. The number of allylic oxidation sites excluding steroid dienone is 2. The third-order valence-electron chi connectivity index (χ3n) is 3.98. The first kappa shape index (κ1) is 23.7. The van der Waals surface area contributed by atoms with Gasteiger partial charge in [-0.2, -0.15) is 18.7 Å². The van der Waals surface area contributed by atoms with Gasteiger partial charge in [0.1, 0.15) is 0 Å². The van der Waals surface area contributed by atoms with Gasteiger partial charge in [-0.1, -0.05) is 30.8 Å². The monoisotopic (exact) mass is 406 g/mol. The second kappa shape index (κ2) is 9.74. The SMILES string of the molecule is C=CC(=O)OC1(ONC(C)C(C)=NOCC(F)(F)F)C(OC)=C(C)C=CC1C. The molecular weight excluding hydrogens is 381 g/mol. The maximum absolute atomic E-state index is 12.1. The Morgan fingerprint density at radius 1 is 1.50 bits per heavy atom. The first-order chi connectivity index (χ1) is 13.0. The number of alkyl halides is 3. The molecule has 0 heterocycles. The van der Waals surface area contributed by atoms with Gasteiger partial charge < -0.3 is 14.3 Å². The zero-order chi connectivity index (χ0) is 21.5. The van der Waals surface area contributed by atoms with Crippen LogP contribution in [0.15, 0.2) is 41.3 Å². The molecule has 0 saturated heterocycles. The number of methoxy groups -OCH3 is 1. The Balaban J connectivity index is 3.00. The lowest BCUT2D eigenvalue weighted by molar-refractivity contribution is -0.266. The second-order valence-corrected chi connectivity index (χ2v) is 6.22. The highest BCUT2D eigenvalue weighted by Crippen LogP contribution is 2.38. The number of nitrogens with zero attached hydrogens (tertiary/aromatic N) is 1. The minimum absolute atomic E-state index is 0.188. The Labute approximate surface area is 161 Å². The van der Waals surface area contributed by atoms with Crippen molar-refractivity contribution in [3.63, 3.8) is 0 Å². The molecule has 0 bridgehead atoms. The number of halogens is 3. The van der Waals surface area contributed by atoms with E-state index in [0.29, 0.717) is 5.57 Å². The Morgan fingerprint density at radius 3 is 2.68 bits per heavy atom. The number of carbonyl (C=O) groups is 1. The lowest BCUT2D eigenvalue weighted by atomic mass is 9.90. The molecule has 0 aliphatic heterocycles. The summed E-state index contributed by atoms with van der Waals surface area (Å²) in [5.74, 6) is -2.56. The van der Waals surface area contributed by atoms with E-state index in [1.807, 2.05) is 0 Å². The van der Waals surface area contributed by atoms with Crippen LogP contribution >= 0.6 is 0 Å². The minimum atomic E-state index is -4.49. The summed E-state index contributed by atoms with van der Waals surface area (Å²) in [5.41, 5.74) is 3.49. The van der Waals surface area contributed by atoms with Crippen LogP contribution < -0.4 is 5.48 Å². The van der Waals surface area contributed by atoms with Crippen molar-refractivity contribution in [2.24, 2.45) is 11.1 Å². The van der Waals surface area contributed by atoms with Crippen LogP contribution in [0.25, 0.3) is 0 Å². The van der Waals surface area contributed by atoms with E-state index >= 15 is 0 Å². The summed E-state index contributed by atoms with van der Waals surface area (Å²) in [7, 11) is 1.41. The fourth-order valence-corrected chi connectivity index (χ4v) is 2.31. The number of esters is 1. The highest BCUT2D eigenvalue weighted by molar-refractivity contribution is 5.86. The van der Waals surface area contributed by atoms with Crippen molar-refractivity contribution in [3.8, 4) is 0 Å². The topological polar surface area (TPSA) is 78.4 Å². The third-order valence-corrected chi connectivity index (χ3v) is 3.98. The van der Waals surface area contributed by atoms with Gasteiger partial charge in [-0.25, -0.2) is 9.63 Å². The average molecular weight is 406 g/mol. The summed E-state index contributed by atoms with van der Waals surface area (Å²) in [6.45, 7) is 8.42.